The summed E-state index contributed by atoms with van der Waals surface area (Å²) in [5, 5.41) is 0.584. The van der Waals surface area contributed by atoms with Gasteiger partial charge in [0, 0.05) is 15.5 Å². The number of hydrogen-bond donors (Lipinski definition) is 2. The van der Waals surface area contributed by atoms with E-state index in [0.717, 1.165) is 15.5 Å². The third kappa shape index (κ3) is 2.62. The average Bonchev–Trinajstić information content (AvgIpc) is 2.27. The smallest absolute Gasteiger partial charge is 0.0646 e. The highest BCUT2D eigenvalue weighted by Crippen LogP contribution is 2.31. The van der Waals surface area contributed by atoms with Crippen molar-refractivity contribution in [1.29, 1.82) is 0 Å². The van der Waals surface area contributed by atoms with E-state index in [1.807, 2.05) is 42.5 Å². The molecule has 0 radical (unpaired) electrons. The molecule has 0 saturated carbocycles. The molecule has 2 rings (SSSR count). The summed E-state index contributed by atoms with van der Waals surface area (Å²) in [5.74, 6) is 0. The maximum Gasteiger partial charge on any atom is 0.0646 e. The summed E-state index contributed by atoms with van der Waals surface area (Å²) < 4.78 is 0. The van der Waals surface area contributed by atoms with E-state index in [0.29, 0.717) is 10.7 Å². The molecule has 0 atom stereocenters. The van der Waals surface area contributed by atoms with E-state index in [9.17, 15) is 0 Å². The molecule has 0 saturated heterocycles. The molecule has 0 aliphatic carbocycles. The molecule has 4 N–H and O–H groups in total. The fourth-order valence-electron chi connectivity index (χ4n) is 1.24. The van der Waals surface area contributed by atoms with Crippen LogP contribution in [0.15, 0.2) is 52.3 Å². The molecule has 2 nitrogen and oxygen atoms in total. The Morgan fingerprint density at radius 2 is 1.50 bits per heavy atom. The van der Waals surface area contributed by atoms with Crippen molar-refractivity contribution in [2.24, 2.45) is 0 Å². The predicted molar refractivity (Wildman–Crippen MR) is 70.8 cm³/mol. The zero-order valence-electron chi connectivity index (χ0n) is 8.48. The Hall–Kier alpha value is -1.32. The minimum atomic E-state index is 0.584. The number of rotatable bonds is 2. The standard InChI is InChI=1S/C12H11ClN2S/c13-11-7-10(5-6-12(11)15)16-9-3-1-8(14)2-4-9/h1-7H,14-15H2. The summed E-state index contributed by atoms with van der Waals surface area (Å²) in [7, 11) is 0. The van der Waals surface area contributed by atoms with Crippen molar-refractivity contribution in [3.05, 3.63) is 47.5 Å². The molecule has 0 amide bonds. The summed E-state index contributed by atoms with van der Waals surface area (Å²) in [4.78, 5) is 2.18. The summed E-state index contributed by atoms with van der Waals surface area (Å²) in [6.45, 7) is 0. The lowest BCUT2D eigenvalue weighted by Gasteiger charge is -2.04. The normalized spacial score (nSPS) is 10.3. The van der Waals surface area contributed by atoms with Gasteiger partial charge in [-0.2, -0.15) is 0 Å². The van der Waals surface area contributed by atoms with E-state index in [1.165, 1.54) is 0 Å². The monoisotopic (exact) mass is 250 g/mol. The van der Waals surface area contributed by atoms with Gasteiger partial charge >= 0.3 is 0 Å². The van der Waals surface area contributed by atoms with Crippen LogP contribution in [0.1, 0.15) is 0 Å². The van der Waals surface area contributed by atoms with Gasteiger partial charge in [-0.05, 0) is 42.5 Å². The van der Waals surface area contributed by atoms with Gasteiger partial charge in [-0.15, -0.1) is 0 Å². The van der Waals surface area contributed by atoms with E-state index in [1.54, 1.807) is 11.8 Å². The molecule has 0 aromatic heterocycles. The van der Waals surface area contributed by atoms with Crippen molar-refractivity contribution in [3.63, 3.8) is 0 Å². The lowest BCUT2D eigenvalue weighted by Crippen LogP contribution is -1.86. The molecule has 0 spiro atoms. The molecule has 82 valence electrons. The summed E-state index contributed by atoms with van der Waals surface area (Å²) >= 11 is 7.57. The minimum absolute atomic E-state index is 0.584. The largest absolute Gasteiger partial charge is 0.399 e. The highest BCUT2D eigenvalue weighted by molar-refractivity contribution is 7.99. The highest BCUT2D eigenvalue weighted by Gasteiger charge is 2.00. The highest BCUT2D eigenvalue weighted by atomic mass is 35.5. The zero-order valence-corrected chi connectivity index (χ0v) is 10.1. The molecular formula is C12H11ClN2S. The molecule has 0 bridgehead atoms. The molecule has 2 aromatic rings. The van der Waals surface area contributed by atoms with E-state index in [4.69, 9.17) is 23.1 Å². The third-order valence-corrected chi connectivity index (χ3v) is 3.41. The SMILES string of the molecule is Nc1ccc(Sc2ccc(N)c(Cl)c2)cc1. The molecule has 0 aliphatic rings. The molecule has 0 fully saturated rings. The van der Waals surface area contributed by atoms with Crippen LogP contribution in [0.3, 0.4) is 0 Å². The fourth-order valence-corrected chi connectivity index (χ4v) is 2.35. The first-order valence-corrected chi connectivity index (χ1v) is 5.93. The van der Waals surface area contributed by atoms with Crippen LogP contribution < -0.4 is 11.5 Å². The minimum Gasteiger partial charge on any atom is -0.399 e. The van der Waals surface area contributed by atoms with Gasteiger partial charge in [0.2, 0.25) is 0 Å². The van der Waals surface area contributed by atoms with Crippen molar-refractivity contribution in [2.75, 3.05) is 11.5 Å². The average molecular weight is 251 g/mol. The Kier molecular flexibility index (Phi) is 3.27. The quantitative estimate of drug-likeness (QED) is 0.800. The van der Waals surface area contributed by atoms with Crippen molar-refractivity contribution in [3.8, 4) is 0 Å². The Morgan fingerprint density at radius 3 is 2.12 bits per heavy atom. The number of anilines is 2. The molecule has 0 heterocycles. The number of nitrogens with two attached hydrogens (primary N) is 2. The van der Waals surface area contributed by atoms with Crippen molar-refractivity contribution >= 4 is 34.7 Å². The van der Waals surface area contributed by atoms with E-state index in [-0.39, 0.29) is 0 Å². The van der Waals surface area contributed by atoms with Gasteiger partial charge in [-0.3, -0.25) is 0 Å². The van der Waals surface area contributed by atoms with Gasteiger partial charge < -0.3 is 11.5 Å². The summed E-state index contributed by atoms with van der Waals surface area (Å²) in [5.41, 5.74) is 12.6. The van der Waals surface area contributed by atoms with E-state index in [2.05, 4.69) is 0 Å². The first-order chi connectivity index (χ1) is 7.65. The van der Waals surface area contributed by atoms with Gasteiger partial charge in [-0.1, -0.05) is 23.4 Å². The third-order valence-electron chi connectivity index (χ3n) is 2.09. The molecule has 0 unspecified atom stereocenters. The Labute approximate surface area is 104 Å². The first-order valence-electron chi connectivity index (χ1n) is 4.73. The number of hydrogen-bond acceptors (Lipinski definition) is 3. The number of nitrogen functional groups attached to an aromatic ring is 2. The Morgan fingerprint density at radius 1 is 0.875 bits per heavy atom. The lowest BCUT2D eigenvalue weighted by molar-refractivity contribution is 1.41. The van der Waals surface area contributed by atoms with Gasteiger partial charge in [0.15, 0.2) is 0 Å². The van der Waals surface area contributed by atoms with Crippen molar-refractivity contribution in [1.82, 2.24) is 0 Å². The summed E-state index contributed by atoms with van der Waals surface area (Å²) in [6.07, 6.45) is 0. The molecule has 16 heavy (non-hydrogen) atoms. The van der Waals surface area contributed by atoms with Crippen LogP contribution in [-0.4, -0.2) is 0 Å². The molecular weight excluding hydrogens is 240 g/mol. The Bertz CT molecular complexity index is 497. The van der Waals surface area contributed by atoms with Crippen LogP contribution in [0.25, 0.3) is 0 Å². The van der Waals surface area contributed by atoms with Crippen LogP contribution in [-0.2, 0) is 0 Å². The molecule has 0 aliphatic heterocycles. The van der Waals surface area contributed by atoms with Gasteiger partial charge in [0.05, 0.1) is 10.7 Å². The molecule has 2 aromatic carbocycles. The summed E-state index contributed by atoms with van der Waals surface area (Å²) in [6, 6.07) is 13.3. The fraction of sp³-hybridized carbons (Fsp3) is 0. The van der Waals surface area contributed by atoms with E-state index < -0.39 is 0 Å². The first kappa shape index (κ1) is 11.2. The van der Waals surface area contributed by atoms with Crippen LogP contribution in [0.5, 0.6) is 0 Å². The Balaban J connectivity index is 2.20. The topological polar surface area (TPSA) is 52.0 Å². The van der Waals surface area contributed by atoms with Gasteiger partial charge in [0.25, 0.3) is 0 Å². The molecule has 4 heteroatoms. The van der Waals surface area contributed by atoms with Crippen molar-refractivity contribution < 1.29 is 0 Å². The zero-order chi connectivity index (χ0) is 11.5. The number of halogens is 1. The maximum absolute atomic E-state index is 5.95. The van der Waals surface area contributed by atoms with Gasteiger partial charge in [-0.25, -0.2) is 0 Å². The van der Waals surface area contributed by atoms with Crippen LogP contribution in [0, 0.1) is 0 Å². The predicted octanol–water partition coefficient (Wildman–Crippen LogP) is 3.66. The van der Waals surface area contributed by atoms with Crippen LogP contribution >= 0.6 is 23.4 Å². The lowest BCUT2D eigenvalue weighted by atomic mass is 10.3. The second kappa shape index (κ2) is 4.68. The second-order valence-corrected chi connectivity index (χ2v) is 4.91. The van der Waals surface area contributed by atoms with Crippen LogP contribution in [0.2, 0.25) is 5.02 Å². The van der Waals surface area contributed by atoms with Crippen LogP contribution in [0.4, 0.5) is 11.4 Å². The van der Waals surface area contributed by atoms with Gasteiger partial charge in [0.1, 0.15) is 0 Å². The second-order valence-electron chi connectivity index (χ2n) is 3.35. The van der Waals surface area contributed by atoms with E-state index >= 15 is 0 Å². The maximum atomic E-state index is 5.95. The van der Waals surface area contributed by atoms with Crippen molar-refractivity contribution in [2.45, 2.75) is 9.79 Å². The number of benzene rings is 2.